The lowest BCUT2D eigenvalue weighted by atomic mass is 9.61. The molecule has 2 aromatic rings. The van der Waals surface area contributed by atoms with Crippen LogP contribution in [-0.4, -0.2) is 35.5 Å². The van der Waals surface area contributed by atoms with E-state index < -0.39 is 5.54 Å². The molecule has 24 heavy (non-hydrogen) atoms. The summed E-state index contributed by atoms with van der Waals surface area (Å²) in [6.45, 7) is 5.93. The number of pyridine rings is 1. The van der Waals surface area contributed by atoms with E-state index in [1.807, 2.05) is 36.6 Å². The van der Waals surface area contributed by atoms with Gasteiger partial charge in [0, 0.05) is 12.1 Å². The molecule has 1 amide bonds. The van der Waals surface area contributed by atoms with Gasteiger partial charge in [0.15, 0.2) is 0 Å². The molecule has 128 valence electrons. The number of fused-ring (bicyclic) bond motifs is 3. The van der Waals surface area contributed by atoms with Gasteiger partial charge in [-0.1, -0.05) is 0 Å². The van der Waals surface area contributed by atoms with E-state index in [4.69, 9.17) is 4.74 Å². The Labute approximate surface area is 141 Å². The van der Waals surface area contributed by atoms with Crippen molar-refractivity contribution in [3.05, 3.63) is 30.4 Å². The van der Waals surface area contributed by atoms with Gasteiger partial charge in [0.25, 0.3) is 0 Å². The molecule has 1 saturated carbocycles. The van der Waals surface area contributed by atoms with Crippen LogP contribution in [0.25, 0.3) is 5.52 Å². The monoisotopic (exact) mass is 328 g/mol. The first-order valence-electron chi connectivity index (χ1n) is 8.54. The summed E-state index contributed by atoms with van der Waals surface area (Å²) < 4.78 is 7.38. The summed E-state index contributed by atoms with van der Waals surface area (Å²) in [7, 11) is 1.65. The van der Waals surface area contributed by atoms with E-state index in [2.05, 4.69) is 15.6 Å². The van der Waals surface area contributed by atoms with Gasteiger partial charge in [-0.3, -0.25) is 9.20 Å². The molecule has 1 aliphatic heterocycles. The third-order valence-electron chi connectivity index (χ3n) is 5.48. The first-order chi connectivity index (χ1) is 11.5. The fourth-order valence-electron chi connectivity index (χ4n) is 4.25. The fourth-order valence-corrected chi connectivity index (χ4v) is 4.25. The second-order valence-electron chi connectivity index (χ2n) is 7.47. The Morgan fingerprint density at radius 2 is 2.17 bits per heavy atom. The van der Waals surface area contributed by atoms with Crippen LogP contribution in [0.5, 0.6) is 5.75 Å². The second-order valence-corrected chi connectivity index (χ2v) is 7.47. The Balaban J connectivity index is 1.60. The summed E-state index contributed by atoms with van der Waals surface area (Å²) in [4.78, 5) is 17.4. The molecule has 0 aromatic carbocycles. The number of ether oxygens (including phenoxy) is 1. The van der Waals surface area contributed by atoms with Crippen LogP contribution >= 0.6 is 0 Å². The number of carbonyl (C=O) groups is 1. The van der Waals surface area contributed by atoms with Crippen LogP contribution in [0.2, 0.25) is 0 Å². The average Bonchev–Trinajstić information content (AvgIpc) is 2.99. The minimum atomic E-state index is -0.548. The number of piperidine rings is 2. The zero-order valence-electron chi connectivity index (χ0n) is 14.4. The average molecular weight is 328 g/mol. The second kappa shape index (κ2) is 5.48. The van der Waals surface area contributed by atoms with Gasteiger partial charge >= 0.3 is 0 Å². The van der Waals surface area contributed by atoms with Crippen LogP contribution in [0.3, 0.4) is 0 Å². The van der Waals surface area contributed by atoms with Crippen LogP contribution in [-0.2, 0) is 10.3 Å². The molecule has 1 aliphatic carbocycles. The highest BCUT2D eigenvalue weighted by atomic mass is 16.5. The summed E-state index contributed by atoms with van der Waals surface area (Å²) in [5.41, 5.74) is 0.356. The number of rotatable bonds is 4. The summed E-state index contributed by atoms with van der Waals surface area (Å²) in [6.07, 6.45) is 4.93. The maximum atomic E-state index is 12.8. The third kappa shape index (κ3) is 2.28. The number of nitrogens with one attached hydrogen (secondary N) is 2. The number of aromatic nitrogens is 2. The van der Waals surface area contributed by atoms with Crippen molar-refractivity contribution in [3.8, 4) is 5.75 Å². The van der Waals surface area contributed by atoms with Crippen LogP contribution in [0.15, 0.2) is 24.5 Å². The maximum absolute atomic E-state index is 12.8. The zero-order valence-corrected chi connectivity index (χ0v) is 14.4. The Morgan fingerprint density at radius 1 is 1.42 bits per heavy atom. The number of hydrogen-bond acceptors (Lipinski definition) is 4. The molecule has 3 atom stereocenters. The Morgan fingerprint density at radius 3 is 2.83 bits per heavy atom. The van der Waals surface area contributed by atoms with Crippen molar-refractivity contribution in [2.45, 2.75) is 25.8 Å². The molecule has 0 radical (unpaired) electrons. The third-order valence-corrected chi connectivity index (χ3v) is 5.48. The summed E-state index contributed by atoms with van der Waals surface area (Å²) in [6, 6.07) is 3.84. The molecule has 6 nitrogen and oxygen atoms in total. The molecule has 2 aliphatic rings. The van der Waals surface area contributed by atoms with E-state index in [0.717, 1.165) is 30.2 Å². The molecular formula is C18H24N4O2. The highest BCUT2D eigenvalue weighted by molar-refractivity contribution is 5.81. The highest BCUT2D eigenvalue weighted by Gasteiger charge is 2.48. The van der Waals surface area contributed by atoms with Crippen molar-refractivity contribution in [1.82, 2.24) is 20.0 Å². The van der Waals surface area contributed by atoms with Crippen LogP contribution in [0.1, 0.15) is 26.1 Å². The lowest BCUT2D eigenvalue weighted by Crippen LogP contribution is -2.60. The van der Waals surface area contributed by atoms with E-state index in [0.29, 0.717) is 11.8 Å². The molecule has 1 unspecified atom stereocenters. The number of nitrogens with zero attached hydrogens (tertiary/aromatic N) is 2. The van der Waals surface area contributed by atoms with Crippen molar-refractivity contribution < 1.29 is 9.53 Å². The van der Waals surface area contributed by atoms with Crippen LogP contribution in [0.4, 0.5) is 0 Å². The van der Waals surface area contributed by atoms with Crippen molar-refractivity contribution in [2.24, 2.45) is 17.8 Å². The van der Waals surface area contributed by atoms with Crippen LogP contribution in [0, 0.1) is 17.8 Å². The molecule has 2 bridgehead atoms. The van der Waals surface area contributed by atoms with Crippen molar-refractivity contribution in [3.63, 3.8) is 0 Å². The zero-order chi connectivity index (χ0) is 16.9. The van der Waals surface area contributed by atoms with E-state index in [1.165, 1.54) is 6.42 Å². The molecular weight excluding hydrogens is 304 g/mol. The number of methoxy groups -OCH3 is 1. The van der Waals surface area contributed by atoms with Gasteiger partial charge in [0.2, 0.25) is 5.91 Å². The van der Waals surface area contributed by atoms with Crippen molar-refractivity contribution in [2.75, 3.05) is 20.2 Å². The van der Waals surface area contributed by atoms with Gasteiger partial charge in [-0.25, -0.2) is 4.98 Å². The normalized spacial score (nSPS) is 26.0. The number of amides is 1. The van der Waals surface area contributed by atoms with Crippen molar-refractivity contribution in [1.29, 1.82) is 0 Å². The number of carbonyl (C=O) groups excluding carboxylic acids is 1. The number of hydrogen-bond donors (Lipinski definition) is 2. The summed E-state index contributed by atoms with van der Waals surface area (Å²) >= 11 is 0. The van der Waals surface area contributed by atoms with Gasteiger partial charge in [-0.15, -0.1) is 0 Å². The van der Waals surface area contributed by atoms with Gasteiger partial charge in [-0.2, -0.15) is 0 Å². The topological polar surface area (TPSA) is 67.7 Å². The molecule has 2 aromatic heterocycles. The van der Waals surface area contributed by atoms with E-state index in [9.17, 15) is 4.79 Å². The largest absolute Gasteiger partial charge is 0.494 e. The Kier molecular flexibility index (Phi) is 3.53. The quantitative estimate of drug-likeness (QED) is 0.894. The Hall–Kier alpha value is -2.08. The maximum Gasteiger partial charge on any atom is 0.224 e. The first-order valence-corrected chi connectivity index (χ1v) is 8.54. The Bertz CT molecular complexity index is 768. The fraction of sp³-hybridized carbons (Fsp3) is 0.556. The van der Waals surface area contributed by atoms with Gasteiger partial charge in [0.05, 0.1) is 18.8 Å². The standard InChI is InChI=1S/C18H24N4O2/c1-18(2,21-16(23)15-11-7-12(15)9-19-8-11)17-20-10-13-14(24-3)5-4-6-22(13)17/h4-6,10-12,15,19H,7-9H2,1-3H3,(H,21,23)/t11-,12+,15?. The predicted octanol–water partition coefficient (Wildman–Crippen LogP) is 1.55. The summed E-state index contributed by atoms with van der Waals surface area (Å²) in [5, 5.41) is 6.61. The minimum absolute atomic E-state index is 0.145. The molecule has 3 heterocycles. The lowest BCUT2D eigenvalue weighted by molar-refractivity contribution is -0.138. The van der Waals surface area contributed by atoms with Gasteiger partial charge < -0.3 is 15.4 Å². The van der Waals surface area contributed by atoms with Crippen molar-refractivity contribution >= 4 is 11.4 Å². The van der Waals surface area contributed by atoms with Gasteiger partial charge in [0.1, 0.15) is 17.1 Å². The molecule has 1 saturated heterocycles. The molecule has 6 heteroatoms. The summed E-state index contributed by atoms with van der Waals surface area (Å²) in [5.74, 6) is 2.85. The molecule has 2 fully saturated rings. The molecule has 2 N–H and O–H groups in total. The lowest BCUT2D eigenvalue weighted by Gasteiger charge is -2.49. The first kappa shape index (κ1) is 15.4. The minimum Gasteiger partial charge on any atom is -0.494 e. The number of imidazole rings is 1. The SMILES string of the molecule is COc1cccn2c(C(C)(C)NC(=O)C3[C@@H]4CNC[C@H]3C4)ncc12. The smallest absolute Gasteiger partial charge is 0.224 e. The highest BCUT2D eigenvalue weighted by Crippen LogP contribution is 2.43. The van der Waals surface area contributed by atoms with E-state index in [1.54, 1.807) is 13.3 Å². The molecule has 4 rings (SSSR count). The van der Waals surface area contributed by atoms with Gasteiger partial charge in [-0.05, 0) is 57.3 Å². The predicted molar refractivity (Wildman–Crippen MR) is 90.9 cm³/mol. The molecule has 0 spiro atoms. The van der Waals surface area contributed by atoms with E-state index >= 15 is 0 Å². The van der Waals surface area contributed by atoms with E-state index in [-0.39, 0.29) is 11.8 Å². The van der Waals surface area contributed by atoms with Crippen LogP contribution < -0.4 is 15.4 Å².